The summed E-state index contributed by atoms with van der Waals surface area (Å²) in [6, 6.07) is 19.3. The van der Waals surface area contributed by atoms with Crippen LogP contribution in [0.5, 0.6) is 0 Å². The van der Waals surface area contributed by atoms with Crippen molar-refractivity contribution >= 4 is 21.5 Å². The van der Waals surface area contributed by atoms with Crippen LogP contribution in [0.3, 0.4) is 0 Å². The average Bonchev–Trinajstić information content (AvgIpc) is 2.92. The first-order valence-electron chi connectivity index (χ1n) is 5.09. The summed E-state index contributed by atoms with van der Waals surface area (Å²) >= 11 is 0. The zero-order valence-corrected chi connectivity index (χ0v) is 11.5. The molecule has 0 saturated carbocycles. The van der Waals surface area contributed by atoms with Gasteiger partial charge in [0.25, 0.3) is 0 Å². The Morgan fingerprint density at radius 3 is 1.95 bits per heavy atom. The van der Waals surface area contributed by atoms with Gasteiger partial charge in [0, 0.05) is 17.1 Å². The molecule has 0 heterocycles. The maximum absolute atomic E-state index is 7.50. The first-order chi connectivity index (χ1) is 9.45. The molecular formula is C16H9MnO3-. The van der Waals surface area contributed by atoms with Gasteiger partial charge in [0.15, 0.2) is 0 Å². The van der Waals surface area contributed by atoms with Crippen LogP contribution in [0.1, 0.15) is 0 Å². The second-order valence-corrected chi connectivity index (χ2v) is 3.32. The van der Waals surface area contributed by atoms with Gasteiger partial charge in [-0.3, -0.25) is 0 Å². The van der Waals surface area contributed by atoms with Crippen molar-refractivity contribution in [3.63, 3.8) is 0 Å². The predicted octanol–water partition coefficient (Wildman–Crippen LogP) is 3.60. The number of rotatable bonds is 0. The van der Waals surface area contributed by atoms with Gasteiger partial charge in [0.05, 0.1) is 0 Å². The summed E-state index contributed by atoms with van der Waals surface area (Å²) in [6.45, 7) is 13.5. The van der Waals surface area contributed by atoms with E-state index in [4.69, 9.17) is 14.0 Å². The van der Waals surface area contributed by atoms with Gasteiger partial charge in [-0.05, 0) is 0 Å². The summed E-state index contributed by atoms with van der Waals surface area (Å²) in [4.78, 5) is 0. The molecular weight excluding hydrogens is 295 g/mol. The summed E-state index contributed by atoms with van der Waals surface area (Å²) in [7, 11) is 0. The molecule has 0 aliphatic carbocycles. The third kappa shape index (κ3) is 4.62. The molecule has 0 fully saturated rings. The molecule has 3 nitrogen and oxygen atoms in total. The van der Waals surface area contributed by atoms with Crippen molar-refractivity contribution in [1.29, 1.82) is 0 Å². The van der Waals surface area contributed by atoms with Crippen LogP contribution in [0.15, 0.2) is 54.6 Å². The Bertz CT molecular complexity index is 628. The van der Waals surface area contributed by atoms with Crippen LogP contribution in [0.4, 0.5) is 0 Å². The Morgan fingerprint density at radius 1 is 0.750 bits per heavy atom. The first kappa shape index (κ1) is 20.4. The molecule has 3 rings (SSSR count). The maximum Gasteiger partial charge on any atom is 0 e. The Balaban J connectivity index is 0. The normalized spacial score (nSPS) is 7.50. The Labute approximate surface area is 127 Å². The molecule has 1 radical (unpaired) electrons. The number of hydrogen-bond donors (Lipinski definition) is 0. The van der Waals surface area contributed by atoms with Crippen molar-refractivity contribution in [2.45, 2.75) is 0 Å². The van der Waals surface area contributed by atoms with Gasteiger partial charge in [-0.2, -0.15) is 0 Å². The molecule has 0 amide bonds. The second kappa shape index (κ2) is 12.1. The fourth-order valence-electron chi connectivity index (χ4n) is 1.90. The SMILES string of the molecule is [C-]#[O+].[C-]#[O+].[C-]#[O+].[Mn].c1ccc2c(c1)c[c-]1ccccc21. The largest absolute Gasteiger partial charge is 0.129 e. The van der Waals surface area contributed by atoms with Crippen LogP contribution in [0.25, 0.3) is 21.5 Å². The third-order valence-corrected chi connectivity index (χ3v) is 2.52. The summed E-state index contributed by atoms with van der Waals surface area (Å²) in [5, 5.41) is 5.39. The van der Waals surface area contributed by atoms with Gasteiger partial charge >= 0.3 is 33.9 Å². The van der Waals surface area contributed by atoms with Crippen molar-refractivity contribution in [1.82, 2.24) is 0 Å². The number of benzene rings is 2. The molecule has 0 aliphatic rings. The van der Waals surface area contributed by atoms with E-state index in [1.807, 2.05) is 0 Å². The van der Waals surface area contributed by atoms with Gasteiger partial charge in [0.2, 0.25) is 0 Å². The standard InChI is InChI=1S/C13H9.3CO.Mn/c1-3-7-12-10(5-1)9-11-6-2-4-8-13(11)12;3*1-2;/h1-9H;;;;/q-1;;;;. The van der Waals surface area contributed by atoms with E-state index in [0.29, 0.717) is 0 Å². The predicted molar refractivity (Wildman–Crippen MR) is 68.8 cm³/mol. The molecule has 0 N–H and O–H groups in total. The molecule has 20 heavy (non-hydrogen) atoms. The second-order valence-electron chi connectivity index (χ2n) is 3.32. The van der Waals surface area contributed by atoms with Crippen molar-refractivity contribution in [3.8, 4) is 0 Å². The van der Waals surface area contributed by atoms with E-state index >= 15 is 0 Å². The van der Waals surface area contributed by atoms with Crippen molar-refractivity contribution in [3.05, 3.63) is 74.5 Å². The molecule has 0 spiro atoms. The van der Waals surface area contributed by atoms with Gasteiger partial charge < -0.3 is 0 Å². The fourth-order valence-corrected chi connectivity index (χ4v) is 1.90. The number of fused-ring (bicyclic) bond motifs is 3. The number of hydrogen-bond acceptors (Lipinski definition) is 0. The quantitative estimate of drug-likeness (QED) is 0.346. The molecule has 0 saturated heterocycles. The van der Waals surface area contributed by atoms with Crippen molar-refractivity contribution in [2.24, 2.45) is 0 Å². The van der Waals surface area contributed by atoms with E-state index in [0.717, 1.165) is 0 Å². The van der Waals surface area contributed by atoms with Crippen LogP contribution in [0, 0.1) is 20.0 Å². The molecule has 0 bridgehead atoms. The van der Waals surface area contributed by atoms with Gasteiger partial charge in [0.1, 0.15) is 0 Å². The van der Waals surface area contributed by atoms with Crippen LogP contribution >= 0.6 is 0 Å². The molecule has 0 unspecified atom stereocenters. The molecule has 0 aromatic heterocycles. The van der Waals surface area contributed by atoms with Gasteiger partial charge in [-0.1, -0.05) is 29.7 Å². The Kier molecular flexibility index (Phi) is 12.3. The topological polar surface area (TPSA) is 59.7 Å². The minimum atomic E-state index is 0. The van der Waals surface area contributed by atoms with Gasteiger partial charge in [-0.15, -0.1) is 46.5 Å². The fraction of sp³-hybridized carbons (Fsp3) is 0. The van der Waals surface area contributed by atoms with E-state index < -0.39 is 0 Å². The van der Waals surface area contributed by atoms with E-state index in [-0.39, 0.29) is 17.1 Å². The van der Waals surface area contributed by atoms with Crippen molar-refractivity contribution in [2.75, 3.05) is 0 Å². The zero-order chi connectivity index (χ0) is 14.7. The Hall–Kier alpha value is -1.95. The third-order valence-electron chi connectivity index (χ3n) is 2.52. The molecule has 99 valence electrons. The molecule has 0 atom stereocenters. The van der Waals surface area contributed by atoms with Crippen molar-refractivity contribution < 1.29 is 31.0 Å². The van der Waals surface area contributed by atoms with E-state index in [2.05, 4.69) is 74.5 Å². The molecule has 4 heteroatoms. The van der Waals surface area contributed by atoms with E-state index in [1.165, 1.54) is 21.5 Å². The molecule has 0 aliphatic heterocycles. The summed E-state index contributed by atoms with van der Waals surface area (Å²) in [6.07, 6.45) is 0. The zero-order valence-electron chi connectivity index (χ0n) is 10.3. The summed E-state index contributed by atoms with van der Waals surface area (Å²) < 4.78 is 22.5. The maximum atomic E-state index is 7.50. The summed E-state index contributed by atoms with van der Waals surface area (Å²) in [5.74, 6) is 0. The molecule has 3 aromatic carbocycles. The van der Waals surface area contributed by atoms with Crippen LogP contribution in [-0.2, 0) is 31.0 Å². The van der Waals surface area contributed by atoms with E-state index in [1.54, 1.807) is 0 Å². The van der Waals surface area contributed by atoms with Gasteiger partial charge in [-0.25, -0.2) is 0 Å². The van der Waals surface area contributed by atoms with E-state index in [9.17, 15) is 0 Å². The van der Waals surface area contributed by atoms with Crippen LogP contribution < -0.4 is 0 Å². The summed E-state index contributed by atoms with van der Waals surface area (Å²) in [5.41, 5.74) is 0. The average molecular weight is 304 g/mol. The monoisotopic (exact) mass is 304 g/mol. The molecule has 3 aromatic rings. The minimum absolute atomic E-state index is 0. The Morgan fingerprint density at radius 2 is 1.30 bits per heavy atom. The smallest absolute Gasteiger partial charge is 0 e. The first-order valence-corrected chi connectivity index (χ1v) is 5.09. The minimum Gasteiger partial charge on any atom is -0.129 e. The van der Waals surface area contributed by atoms with Crippen LogP contribution in [-0.4, -0.2) is 0 Å². The van der Waals surface area contributed by atoms with Crippen LogP contribution in [0.2, 0.25) is 0 Å².